The van der Waals surface area contributed by atoms with E-state index in [-0.39, 0.29) is 35.7 Å². The van der Waals surface area contributed by atoms with Crippen molar-refractivity contribution in [3.05, 3.63) is 226 Å². The van der Waals surface area contributed by atoms with Crippen molar-refractivity contribution in [1.29, 1.82) is 0 Å². The largest absolute Gasteiger partial charge is 0.294 e. The van der Waals surface area contributed by atoms with Gasteiger partial charge in [-0.1, -0.05) is 193 Å². The SMILES string of the molecule is O=C(C[C@@H](c1cccc([C@H](CC(=O)c2cccc(Cl)c2)P(c2ccccc2)c2ccccc2)c1)P(c1ccccc1)c1ccccc1)c1cccc(Cl)c1. The van der Waals surface area contributed by atoms with E-state index >= 15 is 0 Å². The molecule has 6 heteroatoms. The van der Waals surface area contributed by atoms with Crippen molar-refractivity contribution in [2.24, 2.45) is 0 Å². The van der Waals surface area contributed by atoms with Gasteiger partial charge in [0.05, 0.1) is 0 Å². The van der Waals surface area contributed by atoms with Gasteiger partial charge in [-0.3, -0.25) is 9.59 Å². The van der Waals surface area contributed by atoms with E-state index in [0.29, 0.717) is 21.2 Å². The Bertz CT molecular complexity index is 2080. The van der Waals surface area contributed by atoms with E-state index in [1.807, 2.05) is 48.5 Å². The van der Waals surface area contributed by atoms with Gasteiger partial charge in [-0.15, -0.1) is 0 Å². The van der Waals surface area contributed by atoms with Crippen LogP contribution in [0.3, 0.4) is 0 Å². The van der Waals surface area contributed by atoms with E-state index in [9.17, 15) is 9.59 Å². The minimum Gasteiger partial charge on any atom is -0.294 e. The summed E-state index contributed by atoms with van der Waals surface area (Å²) in [4.78, 5) is 28.5. The summed E-state index contributed by atoms with van der Waals surface area (Å²) in [5.41, 5.74) is 3.00. The molecule has 0 unspecified atom stereocenters. The first-order valence-corrected chi connectivity index (χ1v) is 21.5. The molecule has 2 nitrogen and oxygen atoms in total. The first-order valence-electron chi connectivity index (χ1n) is 17.9. The van der Waals surface area contributed by atoms with Crippen LogP contribution in [0, 0.1) is 0 Å². The van der Waals surface area contributed by atoms with Crippen LogP contribution in [-0.2, 0) is 0 Å². The summed E-state index contributed by atoms with van der Waals surface area (Å²) in [7, 11) is -2.08. The molecule has 0 saturated carbocycles. The average molecular weight is 780 g/mol. The first-order chi connectivity index (χ1) is 26.4. The molecule has 0 fully saturated rings. The van der Waals surface area contributed by atoms with Gasteiger partial charge in [0.1, 0.15) is 0 Å². The second-order valence-corrected chi connectivity index (χ2v) is 18.7. The molecule has 0 aromatic heterocycles. The fourth-order valence-electron chi connectivity index (χ4n) is 6.97. The van der Waals surface area contributed by atoms with Crippen LogP contribution < -0.4 is 21.2 Å². The number of benzene rings is 7. The van der Waals surface area contributed by atoms with Crippen LogP contribution in [0.25, 0.3) is 0 Å². The predicted molar refractivity (Wildman–Crippen MR) is 231 cm³/mol. The lowest BCUT2D eigenvalue weighted by Crippen LogP contribution is -2.21. The Hall–Kier alpha value is -4.68. The summed E-state index contributed by atoms with van der Waals surface area (Å²) >= 11 is 12.8. The highest BCUT2D eigenvalue weighted by Gasteiger charge is 2.32. The van der Waals surface area contributed by atoms with Gasteiger partial charge in [0, 0.05) is 45.3 Å². The molecule has 0 N–H and O–H groups in total. The topological polar surface area (TPSA) is 34.1 Å². The fourth-order valence-corrected chi connectivity index (χ4v) is 13.0. The van der Waals surface area contributed by atoms with Crippen molar-refractivity contribution in [2.45, 2.75) is 24.2 Å². The molecule has 0 spiro atoms. The molecule has 7 aromatic carbocycles. The molecule has 0 aliphatic rings. The molecule has 2 atom stereocenters. The molecule has 266 valence electrons. The lowest BCUT2D eigenvalue weighted by Gasteiger charge is -2.32. The molecule has 0 heterocycles. The Labute approximate surface area is 330 Å². The summed E-state index contributed by atoms with van der Waals surface area (Å²) in [6.45, 7) is 0. The van der Waals surface area contributed by atoms with Gasteiger partial charge in [-0.05, 0) is 72.5 Å². The fraction of sp³-hybridized carbons (Fsp3) is 0.0833. The van der Waals surface area contributed by atoms with Crippen molar-refractivity contribution in [3.8, 4) is 0 Å². The Kier molecular flexibility index (Phi) is 12.6. The van der Waals surface area contributed by atoms with E-state index < -0.39 is 15.8 Å². The van der Waals surface area contributed by atoms with Gasteiger partial charge in [0.25, 0.3) is 0 Å². The van der Waals surface area contributed by atoms with Crippen molar-refractivity contribution in [2.75, 3.05) is 0 Å². The second-order valence-electron chi connectivity index (χ2n) is 13.1. The Morgan fingerprint density at radius 2 is 0.704 bits per heavy atom. The van der Waals surface area contributed by atoms with Crippen molar-refractivity contribution < 1.29 is 9.59 Å². The summed E-state index contributed by atoms with van der Waals surface area (Å²) in [6, 6.07) is 65.3. The van der Waals surface area contributed by atoms with Gasteiger partial charge < -0.3 is 0 Å². The van der Waals surface area contributed by atoms with Crippen LogP contribution in [0.2, 0.25) is 10.0 Å². The highest BCUT2D eigenvalue weighted by molar-refractivity contribution is 7.73. The number of carbonyl (C=O) groups is 2. The maximum Gasteiger partial charge on any atom is 0.163 e. The summed E-state index contributed by atoms with van der Waals surface area (Å²) in [5.74, 6) is 0.0755. The number of rotatable bonds is 14. The number of ketones is 2. The first kappa shape index (κ1) is 37.6. The molecule has 0 amide bonds. The Morgan fingerprint density at radius 1 is 0.389 bits per heavy atom. The zero-order valence-corrected chi connectivity index (χ0v) is 32.8. The third-order valence-corrected chi connectivity index (χ3v) is 15.6. The van der Waals surface area contributed by atoms with E-state index in [1.165, 1.54) is 21.2 Å². The van der Waals surface area contributed by atoms with Crippen LogP contribution in [0.1, 0.15) is 56.0 Å². The van der Waals surface area contributed by atoms with Crippen LogP contribution in [-0.4, -0.2) is 11.6 Å². The third-order valence-electron chi connectivity index (χ3n) is 9.49. The normalized spacial score (nSPS) is 12.4. The van der Waals surface area contributed by atoms with Crippen molar-refractivity contribution >= 4 is 71.8 Å². The van der Waals surface area contributed by atoms with Gasteiger partial charge in [-0.25, -0.2) is 0 Å². The lowest BCUT2D eigenvalue weighted by atomic mass is 9.97. The maximum absolute atomic E-state index is 14.3. The minimum absolute atomic E-state index is 0.0378. The van der Waals surface area contributed by atoms with Gasteiger partial charge >= 0.3 is 0 Å². The molecule has 0 aliphatic carbocycles. The van der Waals surface area contributed by atoms with E-state index in [1.54, 1.807) is 24.3 Å². The summed E-state index contributed by atoms with van der Waals surface area (Å²) in [5, 5.41) is 5.84. The van der Waals surface area contributed by atoms with Crippen molar-refractivity contribution in [1.82, 2.24) is 0 Å². The van der Waals surface area contributed by atoms with Crippen LogP contribution >= 0.6 is 39.0 Å². The lowest BCUT2D eigenvalue weighted by molar-refractivity contribution is 0.0974. The molecule has 0 radical (unpaired) electrons. The molecule has 54 heavy (non-hydrogen) atoms. The molecule has 0 aliphatic heterocycles. The number of hydrogen-bond acceptors (Lipinski definition) is 2. The number of halogens is 2. The molecule has 7 aromatic rings. The maximum atomic E-state index is 14.3. The molecular weight excluding hydrogens is 741 g/mol. The van der Waals surface area contributed by atoms with Crippen LogP contribution in [0.15, 0.2) is 194 Å². The third kappa shape index (κ3) is 9.15. The second kappa shape index (κ2) is 18.1. The molecule has 0 saturated heterocycles. The Morgan fingerprint density at radius 3 is 1.02 bits per heavy atom. The van der Waals surface area contributed by atoms with Crippen molar-refractivity contribution in [3.63, 3.8) is 0 Å². The van der Waals surface area contributed by atoms with E-state index in [2.05, 4.69) is 121 Å². The van der Waals surface area contributed by atoms with Gasteiger partial charge in [-0.2, -0.15) is 0 Å². The van der Waals surface area contributed by atoms with Gasteiger partial charge in [0.2, 0.25) is 0 Å². The number of hydrogen-bond donors (Lipinski definition) is 0. The average Bonchev–Trinajstić information content (AvgIpc) is 3.22. The smallest absolute Gasteiger partial charge is 0.163 e. The number of Topliss-reactive ketones (excluding diaryl/α,β-unsaturated/α-hetero) is 2. The summed E-state index contributed by atoms with van der Waals surface area (Å²) in [6.07, 6.45) is 0.578. The predicted octanol–water partition coefficient (Wildman–Crippen LogP) is 11.9. The highest BCUT2D eigenvalue weighted by atomic mass is 35.5. The quantitative estimate of drug-likeness (QED) is 0.0814. The Balaban J connectivity index is 1.40. The molecular formula is C48H38Cl2O2P2. The van der Waals surface area contributed by atoms with Gasteiger partial charge in [0.15, 0.2) is 11.6 Å². The standard InChI is InChI=1S/C48H38Cl2O2P2/c49-39-20-14-16-35(31-39)45(51)33-47(53(41-22-5-1-6-23-41)42-24-7-2-8-25-42)37-18-13-19-38(30-37)48(34-46(52)36-17-15-21-40(50)32-36)54(43-26-9-3-10-27-43)44-28-11-4-12-29-44/h1-32,47-48H,33-34H2/t47-,48-/m0/s1. The molecule has 7 rings (SSSR count). The summed E-state index contributed by atoms with van der Waals surface area (Å²) < 4.78 is 0. The zero-order valence-electron chi connectivity index (χ0n) is 29.5. The minimum atomic E-state index is -1.04. The highest BCUT2D eigenvalue weighted by Crippen LogP contribution is 2.55. The van der Waals surface area contributed by atoms with E-state index in [4.69, 9.17) is 23.2 Å². The van der Waals surface area contributed by atoms with Crippen LogP contribution in [0.5, 0.6) is 0 Å². The van der Waals surface area contributed by atoms with E-state index in [0.717, 1.165) is 11.1 Å². The zero-order chi connectivity index (χ0) is 37.3. The molecule has 0 bridgehead atoms. The number of carbonyl (C=O) groups excluding carboxylic acids is 2. The van der Waals surface area contributed by atoms with Crippen LogP contribution in [0.4, 0.5) is 0 Å². The monoisotopic (exact) mass is 778 g/mol.